The zero-order valence-corrected chi connectivity index (χ0v) is 4.92. The van der Waals surface area contributed by atoms with Crippen LogP contribution in [0.25, 0.3) is 0 Å². The quantitative estimate of drug-likeness (QED) is 0.471. The molecule has 5 heavy (non-hydrogen) atoms. The van der Waals surface area contributed by atoms with Crippen LogP contribution < -0.4 is 0 Å². The molecule has 0 unspecified atom stereocenters. The molecule has 0 aliphatic carbocycles. The van der Waals surface area contributed by atoms with E-state index in [4.69, 9.17) is 23.2 Å². The second-order valence-electron chi connectivity index (χ2n) is 0.252. The van der Waals surface area contributed by atoms with Crippen LogP contribution in [0.4, 0.5) is 0 Å². The van der Waals surface area contributed by atoms with E-state index >= 15 is 0 Å². The third-order valence-corrected chi connectivity index (χ3v) is 0.429. The highest BCUT2D eigenvalue weighted by molar-refractivity contribution is 7.59. The predicted molar refractivity (Wildman–Crippen MR) is 31.2 cm³/mol. The molecule has 0 saturated carbocycles. The molecule has 32 valence electrons. The number of rotatable bonds is 0. The molecule has 0 aliphatic rings. The molecule has 0 rings (SSSR count). The summed E-state index contributed by atoms with van der Waals surface area (Å²) in [4.78, 5) is 0. The minimum Gasteiger partial charge on any atom is -0.197 e. The standard InChI is InChI=1S/C2H2Cl2.H2S/c3-1-2-4;/h1-2H;1H2. The van der Waals surface area contributed by atoms with E-state index in [2.05, 4.69) is 0 Å². The van der Waals surface area contributed by atoms with Gasteiger partial charge in [-0.2, -0.15) is 13.5 Å². The van der Waals surface area contributed by atoms with Crippen LogP contribution in [0.2, 0.25) is 0 Å². The van der Waals surface area contributed by atoms with E-state index in [0.29, 0.717) is 0 Å². The first-order valence-corrected chi connectivity index (χ1v) is 1.64. The minimum atomic E-state index is 0. The van der Waals surface area contributed by atoms with Gasteiger partial charge in [0.1, 0.15) is 0 Å². The zero-order chi connectivity index (χ0) is 3.41. The van der Waals surface area contributed by atoms with Crippen molar-refractivity contribution in [2.45, 2.75) is 0 Å². The summed E-state index contributed by atoms with van der Waals surface area (Å²) in [5.74, 6) is 0. The number of halogens is 2. The van der Waals surface area contributed by atoms with Crippen molar-refractivity contribution in [1.82, 2.24) is 0 Å². The molecule has 0 fully saturated rings. The van der Waals surface area contributed by atoms with Gasteiger partial charge >= 0.3 is 0 Å². The van der Waals surface area contributed by atoms with Crippen molar-refractivity contribution in [1.29, 1.82) is 0 Å². The van der Waals surface area contributed by atoms with Gasteiger partial charge in [-0.05, 0) is 0 Å². The lowest BCUT2D eigenvalue weighted by atomic mass is 11.3. The van der Waals surface area contributed by atoms with E-state index in [1.807, 2.05) is 0 Å². The second-order valence-corrected chi connectivity index (χ2v) is 0.756. The zero-order valence-electron chi connectivity index (χ0n) is 2.41. The van der Waals surface area contributed by atoms with Gasteiger partial charge in [-0.3, -0.25) is 0 Å². The van der Waals surface area contributed by atoms with E-state index < -0.39 is 0 Å². The summed E-state index contributed by atoms with van der Waals surface area (Å²) in [5, 5.41) is 0. The van der Waals surface area contributed by atoms with Gasteiger partial charge in [-0.25, -0.2) is 0 Å². The summed E-state index contributed by atoms with van der Waals surface area (Å²) >= 11 is 9.75. The van der Waals surface area contributed by atoms with E-state index in [-0.39, 0.29) is 13.5 Å². The van der Waals surface area contributed by atoms with Gasteiger partial charge < -0.3 is 0 Å². The Morgan fingerprint density at radius 3 is 1.20 bits per heavy atom. The maximum absolute atomic E-state index is 4.87. The molecule has 0 nitrogen and oxygen atoms in total. The molecular formula is C2H4Cl2S. The first kappa shape index (κ1) is 9.18. The van der Waals surface area contributed by atoms with Crippen LogP contribution in [-0.2, 0) is 0 Å². The van der Waals surface area contributed by atoms with Crippen LogP contribution in [0.1, 0.15) is 0 Å². The molecule has 0 heterocycles. The molecule has 0 amide bonds. The van der Waals surface area contributed by atoms with Crippen LogP contribution in [0.3, 0.4) is 0 Å². The first-order chi connectivity index (χ1) is 1.91. The lowest BCUT2D eigenvalue weighted by molar-refractivity contribution is 2.51. The summed E-state index contributed by atoms with van der Waals surface area (Å²) in [7, 11) is 0. The molecular weight excluding hydrogens is 127 g/mol. The van der Waals surface area contributed by atoms with Gasteiger partial charge in [0.25, 0.3) is 0 Å². The molecule has 0 saturated heterocycles. The minimum absolute atomic E-state index is 0. The summed E-state index contributed by atoms with van der Waals surface area (Å²) < 4.78 is 0. The molecule has 0 bridgehead atoms. The van der Waals surface area contributed by atoms with Gasteiger partial charge in [0.05, 0.1) is 0 Å². The van der Waals surface area contributed by atoms with Crippen LogP contribution in [0, 0.1) is 0 Å². The molecule has 0 aliphatic heterocycles. The fourth-order valence-electron chi connectivity index (χ4n) is 0. The lowest BCUT2D eigenvalue weighted by Gasteiger charge is -1.44. The summed E-state index contributed by atoms with van der Waals surface area (Å²) in [6.45, 7) is 0. The van der Waals surface area contributed by atoms with Crippen molar-refractivity contribution >= 4 is 36.7 Å². The molecule has 0 atom stereocenters. The first-order valence-electron chi connectivity index (χ1n) is 0.770. The smallest absolute Gasteiger partial charge is 0.0156 e. The highest BCUT2D eigenvalue weighted by Crippen LogP contribution is 1.78. The number of hydrogen-bond donors (Lipinski definition) is 0. The van der Waals surface area contributed by atoms with Crippen molar-refractivity contribution in [2.75, 3.05) is 0 Å². The van der Waals surface area contributed by atoms with Crippen LogP contribution >= 0.6 is 36.7 Å². The largest absolute Gasteiger partial charge is 0.197 e. The van der Waals surface area contributed by atoms with Crippen molar-refractivity contribution in [3.8, 4) is 0 Å². The third-order valence-electron chi connectivity index (χ3n) is 0.0476. The molecule has 0 aromatic carbocycles. The highest BCUT2D eigenvalue weighted by Gasteiger charge is 1.40. The van der Waals surface area contributed by atoms with Crippen molar-refractivity contribution in [3.05, 3.63) is 11.1 Å². The van der Waals surface area contributed by atoms with Crippen LogP contribution in [0.15, 0.2) is 11.1 Å². The van der Waals surface area contributed by atoms with Crippen molar-refractivity contribution in [3.63, 3.8) is 0 Å². The Morgan fingerprint density at radius 2 is 1.20 bits per heavy atom. The van der Waals surface area contributed by atoms with Gasteiger partial charge in [-0.15, -0.1) is 0 Å². The fourth-order valence-corrected chi connectivity index (χ4v) is 0. The third kappa shape index (κ3) is 11.9. The average molecular weight is 131 g/mol. The molecule has 0 aromatic rings. The van der Waals surface area contributed by atoms with Crippen molar-refractivity contribution in [2.24, 2.45) is 0 Å². The Morgan fingerprint density at radius 1 is 1.00 bits per heavy atom. The Balaban J connectivity index is 0. The Labute approximate surface area is 48.2 Å². The number of hydrogen-bond acceptors (Lipinski definition) is 0. The van der Waals surface area contributed by atoms with Gasteiger partial charge in [-0.1, -0.05) is 23.2 Å². The van der Waals surface area contributed by atoms with E-state index in [0.717, 1.165) is 0 Å². The van der Waals surface area contributed by atoms with Gasteiger partial charge in [0, 0.05) is 11.1 Å². The normalized spacial score (nSPS) is 7.60. The monoisotopic (exact) mass is 130 g/mol. The lowest BCUT2D eigenvalue weighted by Crippen LogP contribution is -1.11. The van der Waals surface area contributed by atoms with E-state index in [1.165, 1.54) is 11.1 Å². The van der Waals surface area contributed by atoms with Gasteiger partial charge in [0.2, 0.25) is 0 Å². The van der Waals surface area contributed by atoms with Crippen LogP contribution in [0.5, 0.6) is 0 Å². The SMILES string of the molecule is ClC=CCl.S. The second kappa shape index (κ2) is 8.82. The Kier molecular flexibility index (Phi) is 16.2. The predicted octanol–water partition coefficient (Wildman–Crippen LogP) is 2.05. The molecule has 0 aromatic heterocycles. The summed E-state index contributed by atoms with van der Waals surface area (Å²) in [6, 6.07) is 0. The molecule has 0 N–H and O–H groups in total. The maximum atomic E-state index is 4.87. The highest BCUT2D eigenvalue weighted by atomic mass is 35.5. The van der Waals surface area contributed by atoms with Crippen LogP contribution in [-0.4, -0.2) is 0 Å². The van der Waals surface area contributed by atoms with E-state index in [9.17, 15) is 0 Å². The topological polar surface area (TPSA) is 0 Å². The van der Waals surface area contributed by atoms with Gasteiger partial charge in [0.15, 0.2) is 0 Å². The van der Waals surface area contributed by atoms with Crippen molar-refractivity contribution < 1.29 is 0 Å². The molecule has 0 radical (unpaired) electrons. The fraction of sp³-hybridized carbons (Fsp3) is 0. The summed E-state index contributed by atoms with van der Waals surface area (Å²) in [6.07, 6.45) is 0. The maximum Gasteiger partial charge on any atom is 0.0156 e. The Bertz CT molecular complexity index is 22.8. The average Bonchev–Trinajstić information content (AvgIpc) is 1.37. The molecule has 0 spiro atoms. The van der Waals surface area contributed by atoms with E-state index in [1.54, 1.807) is 0 Å². The summed E-state index contributed by atoms with van der Waals surface area (Å²) in [5.41, 5.74) is 2.48. The molecule has 3 heteroatoms. The Hall–Kier alpha value is 0.670.